The lowest BCUT2D eigenvalue weighted by atomic mass is 9.75. The van der Waals surface area contributed by atoms with E-state index in [1.165, 1.54) is 16.3 Å². The molecule has 0 fully saturated rings. The summed E-state index contributed by atoms with van der Waals surface area (Å²) in [5.74, 6) is 0.577. The molecule has 0 spiro atoms. The molecule has 1 heterocycles. The van der Waals surface area contributed by atoms with Crippen molar-refractivity contribution < 1.29 is 4.92 Å². The largest absolute Gasteiger partial charge is 0.377 e. The lowest BCUT2D eigenvalue weighted by Crippen LogP contribution is -2.29. The van der Waals surface area contributed by atoms with Gasteiger partial charge in [-0.3, -0.25) is 10.1 Å². The van der Waals surface area contributed by atoms with E-state index < -0.39 is 0 Å². The van der Waals surface area contributed by atoms with Crippen LogP contribution in [0.4, 0.5) is 11.4 Å². The number of hydrogen-bond donors (Lipinski definition) is 1. The fraction of sp³-hybridized carbons (Fsp3) is 0.217. The number of fused-ring (bicyclic) bond motifs is 4. The fourth-order valence-electron chi connectivity index (χ4n) is 4.80. The maximum absolute atomic E-state index is 11.3. The normalized spacial score (nSPS) is 22.9. The average Bonchev–Trinajstić information content (AvgIpc) is 3.17. The van der Waals surface area contributed by atoms with Gasteiger partial charge in [-0.25, -0.2) is 0 Å². The Morgan fingerprint density at radius 3 is 2.74 bits per heavy atom. The topological polar surface area (TPSA) is 55.2 Å². The summed E-state index contributed by atoms with van der Waals surface area (Å²) in [6.07, 6.45) is 5.43. The third kappa shape index (κ3) is 2.44. The minimum absolute atomic E-state index is 0.177. The third-order valence-corrected chi connectivity index (χ3v) is 6.02. The summed E-state index contributed by atoms with van der Waals surface area (Å²) in [5.41, 5.74) is 4.51. The van der Waals surface area contributed by atoms with E-state index in [9.17, 15) is 10.1 Å². The second kappa shape index (κ2) is 5.95. The first kappa shape index (κ1) is 16.1. The van der Waals surface area contributed by atoms with Gasteiger partial charge in [-0.1, -0.05) is 54.6 Å². The molecule has 0 aromatic heterocycles. The Balaban J connectivity index is 1.68. The molecule has 0 saturated carbocycles. The van der Waals surface area contributed by atoms with Gasteiger partial charge in [0.05, 0.1) is 11.0 Å². The molecule has 3 atom stereocenters. The van der Waals surface area contributed by atoms with Crippen molar-refractivity contribution in [1.82, 2.24) is 0 Å². The lowest BCUT2D eigenvalue weighted by molar-refractivity contribution is -0.385. The molecule has 2 aliphatic rings. The summed E-state index contributed by atoms with van der Waals surface area (Å²) >= 11 is 0. The predicted molar refractivity (Wildman–Crippen MR) is 108 cm³/mol. The van der Waals surface area contributed by atoms with E-state index in [2.05, 4.69) is 59.9 Å². The van der Waals surface area contributed by atoms with Gasteiger partial charge in [0, 0.05) is 23.7 Å². The van der Waals surface area contributed by atoms with Crippen LogP contribution < -0.4 is 5.32 Å². The van der Waals surface area contributed by atoms with E-state index >= 15 is 0 Å². The highest BCUT2D eigenvalue weighted by Crippen LogP contribution is 2.52. The SMILES string of the molecule is Cc1cc([N+](=O)[O-])cc2c1N[C@H](c1cccc3ccccc13)[C@H]1CC=C[C@@H]21. The van der Waals surface area contributed by atoms with Crippen molar-refractivity contribution in [2.24, 2.45) is 5.92 Å². The fourth-order valence-corrected chi connectivity index (χ4v) is 4.80. The van der Waals surface area contributed by atoms with Crippen molar-refractivity contribution in [3.05, 3.63) is 93.6 Å². The maximum Gasteiger partial charge on any atom is 0.270 e. The molecular weight excluding hydrogens is 336 g/mol. The summed E-state index contributed by atoms with van der Waals surface area (Å²) in [4.78, 5) is 11.0. The zero-order valence-corrected chi connectivity index (χ0v) is 15.1. The van der Waals surface area contributed by atoms with Crippen LogP contribution in [0.15, 0.2) is 66.7 Å². The smallest absolute Gasteiger partial charge is 0.270 e. The van der Waals surface area contributed by atoms with E-state index in [1.807, 2.05) is 6.92 Å². The second-order valence-corrected chi connectivity index (χ2v) is 7.53. The van der Waals surface area contributed by atoms with Gasteiger partial charge in [-0.05, 0) is 46.7 Å². The number of rotatable bonds is 2. The lowest BCUT2D eigenvalue weighted by Gasteiger charge is -2.38. The van der Waals surface area contributed by atoms with Gasteiger partial charge >= 0.3 is 0 Å². The molecule has 5 rings (SSSR count). The van der Waals surface area contributed by atoms with Gasteiger partial charge in [0.15, 0.2) is 0 Å². The van der Waals surface area contributed by atoms with Gasteiger partial charge in [-0.15, -0.1) is 0 Å². The van der Waals surface area contributed by atoms with Gasteiger partial charge in [0.1, 0.15) is 0 Å². The molecule has 0 bridgehead atoms. The van der Waals surface area contributed by atoms with E-state index in [-0.39, 0.29) is 22.6 Å². The van der Waals surface area contributed by atoms with Crippen LogP contribution in [0.1, 0.15) is 35.1 Å². The summed E-state index contributed by atoms with van der Waals surface area (Å²) in [7, 11) is 0. The van der Waals surface area contributed by atoms with Crippen molar-refractivity contribution in [1.29, 1.82) is 0 Å². The number of allylic oxidation sites excluding steroid dienone is 2. The Hall–Kier alpha value is -3.14. The summed E-state index contributed by atoms with van der Waals surface area (Å²) < 4.78 is 0. The van der Waals surface area contributed by atoms with Crippen LogP contribution in [-0.2, 0) is 0 Å². The minimum atomic E-state index is -0.294. The Bertz CT molecular complexity index is 1100. The van der Waals surface area contributed by atoms with Gasteiger partial charge in [0.2, 0.25) is 0 Å². The second-order valence-electron chi connectivity index (χ2n) is 7.53. The molecule has 1 aliphatic heterocycles. The van der Waals surface area contributed by atoms with Gasteiger partial charge < -0.3 is 5.32 Å². The number of benzene rings is 3. The molecule has 0 saturated heterocycles. The number of nitro groups is 1. The highest BCUT2D eigenvalue weighted by atomic mass is 16.6. The molecule has 1 N–H and O–H groups in total. The van der Waals surface area contributed by atoms with Crippen molar-refractivity contribution >= 4 is 22.1 Å². The Morgan fingerprint density at radius 1 is 1.07 bits per heavy atom. The van der Waals surface area contributed by atoms with Crippen LogP contribution >= 0.6 is 0 Å². The van der Waals surface area contributed by atoms with Crippen LogP contribution in [0.25, 0.3) is 10.8 Å². The van der Waals surface area contributed by atoms with Crippen LogP contribution in [0.2, 0.25) is 0 Å². The monoisotopic (exact) mass is 356 g/mol. The molecule has 0 radical (unpaired) electrons. The zero-order chi connectivity index (χ0) is 18.5. The average molecular weight is 356 g/mol. The van der Waals surface area contributed by atoms with E-state index in [0.29, 0.717) is 5.92 Å². The van der Waals surface area contributed by atoms with Crippen molar-refractivity contribution in [3.63, 3.8) is 0 Å². The zero-order valence-electron chi connectivity index (χ0n) is 15.1. The molecule has 1 aliphatic carbocycles. The number of aryl methyl sites for hydroxylation is 1. The Labute approximate surface area is 157 Å². The van der Waals surface area contributed by atoms with Gasteiger partial charge in [0.25, 0.3) is 5.69 Å². The molecule has 3 aromatic carbocycles. The third-order valence-electron chi connectivity index (χ3n) is 6.02. The number of anilines is 1. The number of nitrogens with one attached hydrogen (secondary N) is 1. The number of nitro benzene ring substituents is 1. The molecule has 27 heavy (non-hydrogen) atoms. The van der Waals surface area contributed by atoms with Crippen LogP contribution in [0.3, 0.4) is 0 Å². The first-order valence-corrected chi connectivity index (χ1v) is 9.33. The van der Waals surface area contributed by atoms with Crippen molar-refractivity contribution in [2.45, 2.75) is 25.3 Å². The first-order chi connectivity index (χ1) is 13.1. The minimum Gasteiger partial charge on any atom is -0.377 e. The van der Waals surface area contributed by atoms with Crippen molar-refractivity contribution in [3.8, 4) is 0 Å². The van der Waals surface area contributed by atoms with Crippen LogP contribution in [-0.4, -0.2) is 4.92 Å². The van der Waals surface area contributed by atoms with Crippen LogP contribution in [0.5, 0.6) is 0 Å². The Kier molecular flexibility index (Phi) is 3.54. The van der Waals surface area contributed by atoms with Crippen molar-refractivity contribution in [2.75, 3.05) is 5.32 Å². The molecule has 134 valence electrons. The molecule has 0 amide bonds. The summed E-state index contributed by atoms with van der Waals surface area (Å²) in [6.45, 7) is 1.96. The molecule has 4 heteroatoms. The highest BCUT2D eigenvalue weighted by molar-refractivity contribution is 5.87. The van der Waals surface area contributed by atoms with E-state index in [0.717, 1.165) is 23.2 Å². The maximum atomic E-state index is 11.3. The predicted octanol–water partition coefficient (Wildman–Crippen LogP) is 5.88. The van der Waals surface area contributed by atoms with E-state index in [1.54, 1.807) is 12.1 Å². The molecule has 0 unspecified atom stereocenters. The Morgan fingerprint density at radius 2 is 1.89 bits per heavy atom. The quantitative estimate of drug-likeness (QED) is 0.354. The summed E-state index contributed by atoms with van der Waals surface area (Å²) in [6, 6.07) is 18.6. The molecule has 4 nitrogen and oxygen atoms in total. The van der Waals surface area contributed by atoms with Gasteiger partial charge in [-0.2, -0.15) is 0 Å². The van der Waals surface area contributed by atoms with Crippen LogP contribution in [0, 0.1) is 23.0 Å². The standard InChI is InChI=1S/C23H20N2O2/c1-14-12-16(25(26)27)13-21-18-9-5-11-20(18)23(24-22(14)21)19-10-4-7-15-6-2-3-8-17(15)19/h2-10,12-13,18,20,23-24H,11H2,1H3/t18-,20+,23-/m1/s1. The first-order valence-electron chi connectivity index (χ1n) is 9.33. The summed E-state index contributed by atoms with van der Waals surface area (Å²) in [5, 5.41) is 17.6. The number of non-ortho nitro benzene ring substituents is 1. The molecule has 3 aromatic rings. The highest BCUT2D eigenvalue weighted by Gasteiger charge is 2.39. The number of hydrogen-bond acceptors (Lipinski definition) is 3. The van der Waals surface area contributed by atoms with E-state index in [4.69, 9.17) is 0 Å². The molecular formula is C23H20N2O2. The number of nitrogens with zero attached hydrogens (tertiary/aromatic N) is 1.